The number of ether oxygens (including phenoxy) is 1. The van der Waals surface area contributed by atoms with Crippen molar-refractivity contribution in [1.29, 1.82) is 0 Å². The molecule has 1 heterocycles. The van der Waals surface area contributed by atoms with Crippen LogP contribution in [0.4, 0.5) is 10.5 Å². The SMILES string of the molecule is CCc1cccc(C)c1NC(=O)NC1CCCO1. The van der Waals surface area contributed by atoms with E-state index in [-0.39, 0.29) is 12.3 Å². The van der Waals surface area contributed by atoms with Gasteiger partial charge in [0.1, 0.15) is 6.23 Å². The molecule has 0 spiro atoms. The molecule has 0 radical (unpaired) electrons. The number of carbonyl (C=O) groups is 1. The van der Waals surface area contributed by atoms with E-state index in [4.69, 9.17) is 4.74 Å². The van der Waals surface area contributed by atoms with Crippen molar-refractivity contribution in [2.45, 2.75) is 39.3 Å². The summed E-state index contributed by atoms with van der Waals surface area (Å²) in [7, 11) is 0. The molecule has 4 heteroatoms. The predicted molar refractivity (Wildman–Crippen MR) is 71.7 cm³/mol. The van der Waals surface area contributed by atoms with Crippen LogP contribution >= 0.6 is 0 Å². The van der Waals surface area contributed by atoms with Crippen molar-refractivity contribution in [3.8, 4) is 0 Å². The molecule has 1 unspecified atom stereocenters. The highest BCUT2D eigenvalue weighted by atomic mass is 16.5. The van der Waals surface area contributed by atoms with Crippen molar-refractivity contribution in [2.75, 3.05) is 11.9 Å². The molecule has 0 saturated carbocycles. The second-order valence-electron chi connectivity index (χ2n) is 4.56. The average molecular weight is 248 g/mol. The van der Waals surface area contributed by atoms with Crippen molar-refractivity contribution >= 4 is 11.7 Å². The Labute approximate surface area is 108 Å². The van der Waals surface area contributed by atoms with Crippen molar-refractivity contribution in [3.63, 3.8) is 0 Å². The molecule has 2 rings (SSSR count). The van der Waals surface area contributed by atoms with Crippen LogP contribution in [0.15, 0.2) is 18.2 Å². The van der Waals surface area contributed by atoms with Crippen LogP contribution in [-0.2, 0) is 11.2 Å². The monoisotopic (exact) mass is 248 g/mol. The predicted octanol–water partition coefficient (Wildman–Crippen LogP) is 2.82. The first-order valence-electron chi connectivity index (χ1n) is 6.48. The average Bonchev–Trinajstić information content (AvgIpc) is 2.84. The van der Waals surface area contributed by atoms with Crippen molar-refractivity contribution in [2.24, 2.45) is 0 Å². The van der Waals surface area contributed by atoms with E-state index in [2.05, 4.69) is 17.6 Å². The fourth-order valence-electron chi connectivity index (χ4n) is 2.19. The summed E-state index contributed by atoms with van der Waals surface area (Å²) in [6, 6.07) is 5.86. The van der Waals surface area contributed by atoms with Crippen molar-refractivity contribution in [3.05, 3.63) is 29.3 Å². The van der Waals surface area contributed by atoms with Gasteiger partial charge in [-0.05, 0) is 37.3 Å². The Hall–Kier alpha value is -1.55. The molecule has 0 bridgehead atoms. The van der Waals surface area contributed by atoms with Gasteiger partial charge in [-0.15, -0.1) is 0 Å². The summed E-state index contributed by atoms with van der Waals surface area (Å²) in [5.74, 6) is 0. The van der Waals surface area contributed by atoms with Gasteiger partial charge < -0.3 is 15.4 Å². The number of aryl methyl sites for hydroxylation is 2. The fourth-order valence-corrected chi connectivity index (χ4v) is 2.19. The maximum absolute atomic E-state index is 11.9. The third-order valence-electron chi connectivity index (χ3n) is 3.20. The molecule has 1 aliphatic heterocycles. The first-order valence-corrected chi connectivity index (χ1v) is 6.48. The van der Waals surface area contributed by atoms with Gasteiger partial charge in [-0.2, -0.15) is 0 Å². The molecule has 2 N–H and O–H groups in total. The molecule has 1 aromatic carbocycles. The minimum absolute atomic E-state index is 0.140. The highest BCUT2D eigenvalue weighted by molar-refractivity contribution is 5.91. The molecule has 98 valence electrons. The Morgan fingerprint density at radius 1 is 1.50 bits per heavy atom. The zero-order valence-electron chi connectivity index (χ0n) is 11.0. The van der Waals surface area contributed by atoms with E-state index in [0.717, 1.165) is 42.7 Å². The van der Waals surface area contributed by atoms with Gasteiger partial charge in [0, 0.05) is 12.3 Å². The smallest absolute Gasteiger partial charge is 0.321 e. The molecule has 18 heavy (non-hydrogen) atoms. The third-order valence-corrected chi connectivity index (χ3v) is 3.20. The van der Waals surface area contributed by atoms with Gasteiger partial charge in [-0.25, -0.2) is 4.79 Å². The van der Waals surface area contributed by atoms with E-state index in [1.54, 1.807) is 0 Å². The Bertz CT molecular complexity index is 426. The number of anilines is 1. The normalized spacial score (nSPS) is 18.7. The molecule has 1 atom stereocenters. The van der Waals surface area contributed by atoms with Crippen molar-refractivity contribution < 1.29 is 9.53 Å². The second kappa shape index (κ2) is 5.87. The van der Waals surface area contributed by atoms with E-state index in [9.17, 15) is 4.79 Å². The van der Waals surface area contributed by atoms with Crippen LogP contribution in [-0.4, -0.2) is 18.9 Å². The molecule has 4 nitrogen and oxygen atoms in total. The third kappa shape index (κ3) is 3.01. The van der Waals surface area contributed by atoms with Crippen LogP contribution in [0.3, 0.4) is 0 Å². The number of carbonyl (C=O) groups excluding carboxylic acids is 1. The number of urea groups is 1. The van der Waals surface area contributed by atoms with Gasteiger partial charge in [0.2, 0.25) is 0 Å². The quantitative estimate of drug-likeness (QED) is 0.864. The summed E-state index contributed by atoms with van der Waals surface area (Å²) >= 11 is 0. The number of rotatable bonds is 3. The molecule has 0 aromatic heterocycles. The summed E-state index contributed by atoms with van der Waals surface area (Å²) in [4.78, 5) is 11.9. The lowest BCUT2D eigenvalue weighted by molar-refractivity contribution is 0.0928. The van der Waals surface area contributed by atoms with E-state index < -0.39 is 0 Å². The summed E-state index contributed by atoms with van der Waals surface area (Å²) in [5.41, 5.74) is 3.14. The highest BCUT2D eigenvalue weighted by Gasteiger charge is 2.18. The molecule has 2 amide bonds. The van der Waals surface area contributed by atoms with E-state index in [0.29, 0.717) is 0 Å². The largest absolute Gasteiger partial charge is 0.358 e. The zero-order chi connectivity index (χ0) is 13.0. The standard InChI is InChI=1S/C14H20N2O2/c1-3-11-7-4-6-10(2)13(11)16-14(17)15-12-8-5-9-18-12/h4,6-7,12H,3,5,8-9H2,1-2H3,(H2,15,16,17). The summed E-state index contributed by atoms with van der Waals surface area (Å²) in [6.45, 7) is 4.81. The van der Waals surface area contributed by atoms with Gasteiger partial charge >= 0.3 is 6.03 Å². The minimum atomic E-state index is -0.189. The van der Waals surface area contributed by atoms with Crippen molar-refractivity contribution in [1.82, 2.24) is 5.32 Å². The van der Waals surface area contributed by atoms with E-state index in [1.807, 2.05) is 25.1 Å². The first-order chi connectivity index (χ1) is 8.70. The topological polar surface area (TPSA) is 50.4 Å². The zero-order valence-corrected chi connectivity index (χ0v) is 11.0. The molecular formula is C14H20N2O2. The Morgan fingerprint density at radius 2 is 2.33 bits per heavy atom. The minimum Gasteiger partial charge on any atom is -0.358 e. The van der Waals surface area contributed by atoms with Crippen LogP contribution < -0.4 is 10.6 Å². The first kappa shape index (κ1) is 12.9. The van der Waals surface area contributed by atoms with E-state index in [1.165, 1.54) is 0 Å². The molecule has 1 aliphatic rings. The Morgan fingerprint density at radius 3 is 3.00 bits per heavy atom. The second-order valence-corrected chi connectivity index (χ2v) is 4.56. The Balaban J connectivity index is 2.01. The highest BCUT2D eigenvalue weighted by Crippen LogP contribution is 2.21. The molecule has 1 fully saturated rings. The number of amides is 2. The van der Waals surface area contributed by atoms with Crippen LogP contribution in [0.25, 0.3) is 0 Å². The van der Waals surface area contributed by atoms with Crippen LogP contribution in [0.5, 0.6) is 0 Å². The van der Waals surface area contributed by atoms with E-state index >= 15 is 0 Å². The number of nitrogens with one attached hydrogen (secondary N) is 2. The molecular weight excluding hydrogens is 228 g/mol. The van der Waals surface area contributed by atoms with Gasteiger partial charge in [0.15, 0.2) is 0 Å². The molecule has 1 aromatic rings. The van der Waals surface area contributed by atoms with Gasteiger partial charge in [0.05, 0.1) is 0 Å². The maximum Gasteiger partial charge on any atom is 0.321 e. The lowest BCUT2D eigenvalue weighted by Gasteiger charge is -2.16. The summed E-state index contributed by atoms with van der Waals surface area (Å²) in [6.07, 6.45) is 2.66. The number of hydrogen-bond acceptors (Lipinski definition) is 2. The van der Waals surface area contributed by atoms with Crippen LogP contribution in [0.1, 0.15) is 30.9 Å². The number of hydrogen-bond donors (Lipinski definition) is 2. The summed E-state index contributed by atoms with van der Waals surface area (Å²) in [5, 5.41) is 5.76. The van der Waals surface area contributed by atoms with Gasteiger partial charge in [0.25, 0.3) is 0 Å². The van der Waals surface area contributed by atoms with Crippen LogP contribution in [0, 0.1) is 6.92 Å². The van der Waals surface area contributed by atoms with Crippen LogP contribution in [0.2, 0.25) is 0 Å². The lowest BCUT2D eigenvalue weighted by atomic mass is 10.1. The Kier molecular flexibility index (Phi) is 4.20. The maximum atomic E-state index is 11.9. The number of benzene rings is 1. The van der Waals surface area contributed by atoms with Gasteiger partial charge in [-0.1, -0.05) is 25.1 Å². The van der Waals surface area contributed by atoms with Gasteiger partial charge in [-0.3, -0.25) is 0 Å². The number of para-hydroxylation sites is 1. The summed E-state index contributed by atoms with van der Waals surface area (Å²) < 4.78 is 5.38. The molecule has 0 aliphatic carbocycles. The lowest BCUT2D eigenvalue weighted by Crippen LogP contribution is -2.37. The fraction of sp³-hybridized carbons (Fsp3) is 0.500. The molecule has 1 saturated heterocycles.